The third-order valence-corrected chi connectivity index (χ3v) is 4.54. The average molecular weight is 372 g/mol. The molecular formula is C21H41NO4. The number of esters is 2. The van der Waals surface area contributed by atoms with Gasteiger partial charge in [0.2, 0.25) is 0 Å². The summed E-state index contributed by atoms with van der Waals surface area (Å²) in [6.45, 7) is 4.87. The smallest absolute Gasteiger partial charge is 0.305 e. The molecule has 0 radical (unpaired) electrons. The van der Waals surface area contributed by atoms with Crippen molar-refractivity contribution in [3.8, 4) is 0 Å². The van der Waals surface area contributed by atoms with E-state index in [0.717, 1.165) is 45.2 Å². The normalized spacial score (nSPS) is 10.9. The Morgan fingerprint density at radius 3 is 1.69 bits per heavy atom. The monoisotopic (exact) mass is 371 g/mol. The molecule has 0 aromatic carbocycles. The van der Waals surface area contributed by atoms with Crippen LogP contribution >= 0.6 is 0 Å². The number of rotatable bonds is 18. The SMILES string of the molecule is CCCOC(=O)CCCCCCCN(C)CCCCCCCC(=O)OC. The van der Waals surface area contributed by atoms with E-state index in [9.17, 15) is 9.59 Å². The van der Waals surface area contributed by atoms with Gasteiger partial charge in [0.15, 0.2) is 0 Å². The molecular weight excluding hydrogens is 330 g/mol. The Kier molecular flexibility index (Phi) is 17.9. The van der Waals surface area contributed by atoms with Crippen molar-refractivity contribution >= 4 is 11.9 Å². The Morgan fingerprint density at radius 1 is 0.731 bits per heavy atom. The van der Waals surface area contributed by atoms with E-state index in [-0.39, 0.29) is 11.9 Å². The number of carbonyl (C=O) groups excluding carboxylic acids is 2. The molecule has 0 saturated heterocycles. The quantitative estimate of drug-likeness (QED) is 0.258. The minimum absolute atomic E-state index is 0.0446. The highest BCUT2D eigenvalue weighted by molar-refractivity contribution is 5.69. The summed E-state index contributed by atoms with van der Waals surface area (Å²) >= 11 is 0. The van der Waals surface area contributed by atoms with E-state index < -0.39 is 0 Å². The molecule has 0 aliphatic heterocycles. The van der Waals surface area contributed by atoms with Crippen LogP contribution in [0.25, 0.3) is 0 Å². The van der Waals surface area contributed by atoms with Crippen LogP contribution in [-0.4, -0.2) is 50.7 Å². The van der Waals surface area contributed by atoms with Crippen molar-refractivity contribution in [1.29, 1.82) is 0 Å². The number of unbranched alkanes of at least 4 members (excludes halogenated alkanes) is 8. The van der Waals surface area contributed by atoms with Crippen LogP contribution < -0.4 is 0 Å². The van der Waals surface area contributed by atoms with Crippen LogP contribution in [0.15, 0.2) is 0 Å². The second kappa shape index (κ2) is 18.7. The minimum atomic E-state index is -0.0961. The molecule has 0 bridgehead atoms. The van der Waals surface area contributed by atoms with E-state index >= 15 is 0 Å². The zero-order chi connectivity index (χ0) is 19.5. The maximum absolute atomic E-state index is 11.4. The molecule has 0 aliphatic carbocycles. The van der Waals surface area contributed by atoms with E-state index in [2.05, 4.69) is 16.7 Å². The van der Waals surface area contributed by atoms with Gasteiger partial charge in [-0.15, -0.1) is 0 Å². The number of ether oxygens (including phenoxy) is 2. The van der Waals surface area contributed by atoms with Gasteiger partial charge in [-0.1, -0.05) is 45.4 Å². The van der Waals surface area contributed by atoms with Crippen LogP contribution in [0, 0.1) is 0 Å². The first-order valence-electron chi connectivity index (χ1n) is 10.5. The van der Waals surface area contributed by atoms with Gasteiger partial charge in [0.25, 0.3) is 0 Å². The topological polar surface area (TPSA) is 55.8 Å². The molecule has 0 spiro atoms. The molecule has 0 atom stereocenters. The molecule has 0 saturated carbocycles. The van der Waals surface area contributed by atoms with Gasteiger partial charge in [0.05, 0.1) is 13.7 Å². The van der Waals surface area contributed by atoms with Crippen molar-refractivity contribution < 1.29 is 19.1 Å². The molecule has 0 unspecified atom stereocenters. The van der Waals surface area contributed by atoms with Crippen molar-refractivity contribution in [3.05, 3.63) is 0 Å². The highest BCUT2D eigenvalue weighted by atomic mass is 16.5. The van der Waals surface area contributed by atoms with Gasteiger partial charge in [-0.3, -0.25) is 9.59 Å². The summed E-state index contributed by atoms with van der Waals surface area (Å²) in [6.07, 6.45) is 13.5. The molecule has 5 heteroatoms. The zero-order valence-electron chi connectivity index (χ0n) is 17.4. The maximum atomic E-state index is 11.4. The third kappa shape index (κ3) is 17.7. The predicted octanol–water partition coefficient (Wildman–Crippen LogP) is 4.73. The lowest BCUT2D eigenvalue weighted by Gasteiger charge is -2.16. The number of methoxy groups -OCH3 is 1. The van der Waals surface area contributed by atoms with Gasteiger partial charge in [0, 0.05) is 12.8 Å². The van der Waals surface area contributed by atoms with Crippen LogP contribution in [0.5, 0.6) is 0 Å². The first-order valence-corrected chi connectivity index (χ1v) is 10.5. The third-order valence-electron chi connectivity index (χ3n) is 4.54. The van der Waals surface area contributed by atoms with Crippen LogP contribution in [0.4, 0.5) is 0 Å². The Morgan fingerprint density at radius 2 is 1.19 bits per heavy atom. The maximum Gasteiger partial charge on any atom is 0.305 e. The van der Waals surface area contributed by atoms with Gasteiger partial charge in [0.1, 0.15) is 0 Å². The molecule has 0 rings (SSSR count). The van der Waals surface area contributed by atoms with Crippen LogP contribution in [-0.2, 0) is 19.1 Å². The number of carbonyl (C=O) groups is 2. The molecule has 154 valence electrons. The van der Waals surface area contributed by atoms with Crippen molar-refractivity contribution in [3.63, 3.8) is 0 Å². The lowest BCUT2D eigenvalue weighted by Crippen LogP contribution is -2.20. The minimum Gasteiger partial charge on any atom is -0.469 e. The highest BCUT2D eigenvalue weighted by Gasteiger charge is 2.03. The Labute approximate surface area is 160 Å². The van der Waals surface area contributed by atoms with Gasteiger partial charge < -0.3 is 14.4 Å². The van der Waals surface area contributed by atoms with E-state index in [1.807, 2.05) is 6.92 Å². The molecule has 0 fully saturated rings. The Balaban J connectivity index is 3.28. The Hall–Kier alpha value is -1.10. The first kappa shape index (κ1) is 24.9. The lowest BCUT2D eigenvalue weighted by atomic mass is 10.1. The zero-order valence-corrected chi connectivity index (χ0v) is 17.4. The number of hydrogen-bond donors (Lipinski definition) is 0. The van der Waals surface area contributed by atoms with Gasteiger partial charge in [-0.05, 0) is 52.2 Å². The van der Waals surface area contributed by atoms with Crippen LogP contribution in [0.2, 0.25) is 0 Å². The fourth-order valence-electron chi connectivity index (χ4n) is 2.86. The van der Waals surface area contributed by atoms with E-state index in [4.69, 9.17) is 4.74 Å². The molecule has 0 heterocycles. The Bertz CT molecular complexity index is 347. The van der Waals surface area contributed by atoms with Crippen molar-refractivity contribution in [2.24, 2.45) is 0 Å². The summed E-state index contributed by atoms with van der Waals surface area (Å²) in [5.74, 6) is -0.141. The van der Waals surface area contributed by atoms with Gasteiger partial charge in [-0.25, -0.2) is 0 Å². The molecule has 0 N–H and O–H groups in total. The second-order valence-corrected chi connectivity index (χ2v) is 7.14. The standard InChI is InChI=1S/C21H41NO4/c1-4-19-26-21(24)16-12-8-6-10-14-18-22(2)17-13-9-5-7-11-15-20(23)25-3/h4-19H2,1-3H3. The molecule has 26 heavy (non-hydrogen) atoms. The van der Waals surface area contributed by atoms with E-state index in [1.54, 1.807) is 0 Å². The number of hydrogen-bond acceptors (Lipinski definition) is 5. The fourth-order valence-corrected chi connectivity index (χ4v) is 2.86. The van der Waals surface area contributed by atoms with Crippen molar-refractivity contribution in [1.82, 2.24) is 4.90 Å². The highest BCUT2D eigenvalue weighted by Crippen LogP contribution is 2.09. The van der Waals surface area contributed by atoms with Crippen LogP contribution in [0.3, 0.4) is 0 Å². The van der Waals surface area contributed by atoms with Crippen LogP contribution in [0.1, 0.15) is 90.4 Å². The summed E-state index contributed by atoms with van der Waals surface area (Å²) < 4.78 is 9.70. The largest absolute Gasteiger partial charge is 0.469 e. The molecule has 0 aromatic rings. The van der Waals surface area contributed by atoms with Gasteiger partial charge in [-0.2, -0.15) is 0 Å². The molecule has 5 nitrogen and oxygen atoms in total. The summed E-state index contributed by atoms with van der Waals surface area (Å²) in [5, 5.41) is 0. The van der Waals surface area contributed by atoms with Gasteiger partial charge >= 0.3 is 11.9 Å². The average Bonchev–Trinajstić information content (AvgIpc) is 2.64. The summed E-state index contributed by atoms with van der Waals surface area (Å²) in [7, 11) is 3.64. The summed E-state index contributed by atoms with van der Waals surface area (Å²) in [5.41, 5.74) is 0. The predicted molar refractivity (Wildman–Crippen MR) is 106 cm³/mol. The summed E-state index contributed by atoms with van der Waals surface area (Å²) in [4.78, 5) is 24.8. The second-order valence-electron chi connectivity index (χ2n) is 7.14. The number of nitrogens with zero attached hydrogens (tertiary/aromatic N) is 1. The lowest BCUT2D eigenvalue weighted by molar-refractivity contribution is -0.144. The fraction of sp³-hybridized carbons (Fsp3) is 0.905. The summed E-state index contributed by atoms with van der Waals surface area (Å²) in [6, 6.07) is 0. The molecule has 0 aliphatic rings. The first-order chi connectivity index (χ1) is 12.6. The van der Waals surface area contributed by atoms with E-state index in [0.29, 0.717) is 19.4 Å². The molecule has 0 aromatic heterocycles. The molecule has 0 amide bonds. The van der Waals surface area contributed by atoms with E-state index in [1.165, 1.54) is 45.6 Å². The van der Waals surface area contributed by atoms with Crippen molar-refractivity contribution in [2.75, 3.05) is 33.9 Å². The van der Waals surface area contributed by atoms with Crippen molar-refractivity contribution in [2.45, 2.75) is 90.4 Å².